The first-order valence-corrected chi connectivity index (χ1v) is 7.39. The number of benzene rings is 2. The van der Waals surface area contributed by atoms with E-state index in [1.54, 1.807) is 0 Å². The fourth-order valence-corrected chi connectivity index (χ4v) is 3.29. The highest BCUT2D eigenvalue weighted by Crippen LogP contribution is 2.30. The molecule has 98 valence electrons. The van der Waals surface area contributed by atoms with Crippen molar-refractivity contribution in [3.8, 4) is 0 Å². The molecule has 2 aromatic rings. The van der Waals surface area contributed by atoms with Crippen LogP contribution in [-0.2, 0) is 0 Å². The van der Waals surface area contributed by atoms with E-state index in [2.05, 4.69) is 37.2 Å². The minimum Gasteiger partial charge on any atom is -0.321 e. The molecule has 0 fully saturated rings. The number of halogens is 2. The quantitative estimate of drug-likeness (QED) is 0.770. The zero-order chi connectivity index (χ0) is 14.0. The van der Waals surface area contributed by atoms with Crippen molar-refractivity contribution >= 4 is 43.5 Å². The standard InChI is InChI=1S/C15H13Br2NO/c1-9-3-5-11(6-4-9)15(19)18-14-10(2)7-12(16)8-13(14)17/h3-8H,1-2H3,(H,18,19). The SMILES string of the molecule is Cc1ccc(C(=O)Nc2c(C)cc(Br)cc2Br)cc1. The van der Waals surface area contributed by atoms with E-state index < -0.39 is 0 Å². The number of hydrogen-bond donors (Lipinski definition) is 1. The molecule has 19 heavy (non-hydrogen) atoms. The zero-order valence-electron chi connectivity index (χ0n) is 10.6. The van der Waals surface area contributed by atoms with Crippen LogP contribution in [0.3, 0.4) is 0 Å². The average molecular weight is 383 g/mol. The number of aryl methyl sites for hydroxylation is 2. The number of carbonyl (C=O) groups is 1. The molecule has 2 aromatic carbocycles. The van der Waals surface area contributed by atoms with Gasteiger partial charge >= 0.3 is 0 Å². The molecule has 0 saturated carbocycles. The van der Waals surface area contributed by atoms with Gasteiger partial charge in [0.1, 0.15) is 0 Å². The Morgan fingerprint density at radius 3 is 2.26 bits per heavy atom. The Morgan fingerprint density at radius 2 is 1.68 bits per heavy atom. The van der Waals surface area contributed by atoms with Crippen LogP contribution in [0, 0.1) is 13.8 Å². The van der Waals surface area contributed by atoms with E-state index in [1.807, 2.05) is 50.2 Å². The van der Waals surface area contributed by atoms with Gasteiger partial charge in [-0.05, 0) is 59.6 Å². The number of hydrogen-bond acceptors (Lipinski definition) is 1. The molecular formula is C15H13Br2NO. The van der Waals surface area contributed by atoms with Crippen molar-refractivity contribution < 1.29 is 4.79 Å². The summed E-state index contributed by atoms with van der Waals surface area (Å²) in [5.74, 6) is -0.105. The summed E-state index contributed by atoms with van der Waals surface area (Å²) in [5, 5.41) is 2.93. The van der Waals surface area contributed by atoms with Crippen molar-refractivity contribution in [3.05, 3.63) is 62.0 Å². The third kappa shape index (κ3) is 3.45. The van der Waals surface area contributed by atoms with Crippen LogP contribution in [0.25, 0.3) is 0 Å². The third-order valence-electron chi connectivity index (χ3n) is 2.80. The number of anilines is 1. The highest BCUT2D eigenvalue weighted by Gasteiger charge is 2.11. The van der Waals surface area contributed by atoms with Crippen molar-refractivity contribution in [2.75, 3.05) is 5.32 Å². The first-order chi connectivity index (χ1) is 8.97. The molecule has 1 N–H and O–H groups in total. The van der Waals surface area contributed by atoms with Crippen LogP contribution < -0.4 is 5.32 Å². The Hall–Kier alpha value is -1.13. The average Bonchev–Trinajstić information content (AvgIpc) is 2.34. The lowest BCUT2D eigenvalue weighted by atomic mass is 10.1. The van der Waals surface area contributed by atoms with E-state index in [0.717, 1.165) is 25.8 Å². The highest BCUT2D eigenvalue weighted by atomic mass is 79.9. The smallest absolute Gasteiger partial charge is 0.255 e. The number of carbonyl (C=O) groups excluding carboxylic acids is 1. The second-order valence-electron chi connectivity index (χ2n) is 4.40. The molecule has 0 aliphatic rings. The molecular weight excluding hydrogens is 370 g/mol. The van der Waals surface area contributed by atoms with E-state index in [1.165, 1.54) is 0 Å². The maximum absolute atomic E-state index is 12.2. The molecule has 0 spiro atoms. The van der Waals surface area contributed by atoms with Crippen molar-refractivity contribution in [3.63, 3.8) is 0 Å². The lowest BCUT2D eigenvalue weighted by Gasteiger charge is -2.11. The first kappa shape index (κ1) is 14.3. The van der Waals surface area contributed by atoms with Crippen LogP contribution >= 0.6 is 31.9 Å². The van der Waals surface area contributed by atoms with Crippen LogP contribution in [0.15, 0.2) is 45.3 Å². The molecule has 0 radical (unpaired) electrons. The topological polar surface area (TPSA) is 29.1 Å². The zero-order valence-corrected chi connectivity index (χ0v) is 13.8. The predicted molar refractivity (Wildman–Crippen MR) is 85.7 cm³/mol. The van der Waals surface area contributed by atoms with Gasteiger partial charge in [-0.3, -0.25) is 4.79 Å². The highest BCUT2D eigenvalue weighted by molar-refractivity contribution is 9.11. The lowest BCUT2D eigenvalue weighted by molar-refractivity contribution is 0.102. The number of rotatable bonds is 2. The summed E-state index contributed by atoms with van der Waals surface area (Å²) in [7, 11) is 0. The maximum atomic E-state index is 12.2. The molecule has 0 aliphatic heterocycles. The molecule has 0 atom stereocenters. The van der Waals surface area contributed by atoms with Gasteiger partial charge in [-0.15, -0.1) is 0 Å². The largest absolute Gasteiger partial charge is 0.321 e. The summed E-state index contributed by atoms with van der Waals surface area (Å²) in [4.78, 5) is 12.2. The number of nitrogens with one attached hydrogen (secondary N) is 1. The summed E-state index contributed by atoms with van der Waals surface area (Å²) in [6, 6.07) is 11.4. The van der Waals surface area contributed by atoms with Crippen molar-refractivity contribution in [2.45, 2.75) is 13.8 Å². The summed E-state index contributed by atoms with van der Waals surface area (Å²) >= 11 is 6.89. The molecule has 4 heteroatoms. The van der Waals surface area contributed by atoms with Gasteiger partial charge in [0.15, 0.2) is 0 Å². The molecule has 0 aliphatic carbocycles. The summed E-state index contributed by atoms with van der Waals surface area (Å²) in [6.07, 6.45) is 0. The van der Waals surface area contributed by atoms with Crippen LogP contribution in [0.2, 0.25) is 0 Å². The van der Waals surface area contributed by atoms with Crippen LogP contribution in [0.1, 0.15) is 21.5 Å². The molecule has 0 bridgehead atoms. The molecule has 2 nitrogen and oxygen atoms in total. The van der Waals surface area contributed by atoms with Crippen LogP contribution in [-0.4, -0.2) is 5.91 Å². The van der Waals surface area contributed by atoms with Crippen molar-refractivity contribution in [2.24, 2.45) is 0 Å². The van der Waals surface area contributed by atoms with Gasteiger partial charge in [0.05, 0.1) is 5.69 Å². The molecule has 0 saturated heterocycles. The normalized spacial score (nSPS) is 10.3. The summed E-state index contributed by atoms with van der Waals surface area (Å²) in [6.45, 7) is 3.96. The maximum Gasteiger partial charge on any atom is 0.255 e. The molecule has 2 rings (SSSR count). The molecule has 0 unspecified atom stereocenters. The molecule has 0 heterocycles. The van der Waals surface area contributed by atoms with E-state index in [4.69, 9.17) is 0 Å². The Morgan fingerprint density at radius 1 is 1.05 bits per heavy atom. The Kier molecular flexibility index (Phi) is 4.42. The summed E-state index contributed by atoms with van der Waals surface area (Å²) in [5.41, 5.74) is 3.59. The lowest BCUT2D eigenvalue weighted by Crippen LogP contribution is -2.13. The van der Waals surface area contributed by atoms with Crippen molar-refractivity contribution in [1.82, 2.24) is 0 Å². The minimum absolute atomic E-state index is 0.105. The van der Waals surface area contributed by atoms with Crippen LogP contribution in [0.5, 0.6) is 0 Å². The van der Waals surface area contributed by atoms with E-state index in [9.17, 15) is 4.79 Å². The van der Waals surface area contributed by atoms with Gasteiger partial charge in [-0.2, -0.15) is 0 Å². The summed E-state index contributed by atoms with van der Waals surface area (Å²) < 4.78 is 1.84. The second-order valence-corrected chi connectivity index (χ2v) is 6.17. The number of amides is 1. The Bertz CT molecular complexity index is 598. The Balaban J connectivity index is 2.26. The van der Waals surface area contributed by atoms with Gasteiger partial charge in [0.25, 0.3) is 5.91 Å². The van der Waals surface area contributed by atoms with E-state index >= 15 is 0 Å². The van der Waals surface area contributed by atoms with Gasteiger partial charge in [-0.25, -0.2) is 0 Å². The van der Waals surface area contributed by atoms with E-state index in [0.29, 0.717) is 5.56 Å². The minimum atomic E-state index is -0.105. The van der Waals surface area contributed by atoms with Crippen molar-refractivity contribution in [1.29, 1.82) is 0 Å². The molecule has 1 amide bonds. The fraction of sp³-hybridized carbons (Fsp3) is 0.133. The van der Waals surface area contributed by atoms with Gasteiger partial charge in [0.2, 0.25) is 0 Å². The first-order valence-electron chi connectivity index (χ1n) is 5.81. The molecule has 0 aromatic heterocycles. The van der Waals surface area contributed by atoms with E-state index in [-0.39, 0.29) is 5.91 Å². The Labute approximate surface area is 129 Å². The third-order valence-corrected chi connectivity index (χ3v) is 3.89. The predicted octanol–water partition coefficient (Wildman–Crippen LogP) is 5.08. The fourth-order valence-electron chi connectivity index (χ4n) is 1.75. The van der Waals surface area contributed by atoms with Crippen LogP contribution in [0.4, 0.5) is 5.69 Å². The second kappa shape index (κ2) is 5.88. The monoisotopic (exact) mass is 381 g/mol. The van der Waals surface area contributed by atoms with Gasteiger partial charge in [0, 0.05) is 14.5 Å². The van der Waals surface area contributed by atoms with Gasteiger partial charge < -0.3 is 5.32 Å². The van der Waals surface area contributed by atoms with Gasteiger partial charge in [-0.1, -0.05) is 33.6 Å².